The van der Waals surface area contributed by atoms with Gasteiger partial charge in [0.2, 0.25) is 0 Å². The molecule has 4 aromatic rings. The van der Waals surface area contributed by atoms with Crippen molar-refractivity contribution in [3.63, 3.8) is 0 Å². The number of hydrogen-bond donors (Lipinski definition) is 6. The summed E-state index contributed by atoms with van der Waals surface area (Å²) in [5.41, 5.74) is 7.86. The van der Waals surface area contributed by atoms with Crippen LogP contribution in [0, 0.1) is 6.92 Å². The number of nitrogens with zero attached hydrogens (tertiary/aromatic N) is 1. The van der Waals surface area contributed by atoms with Crippen molar-refractivity contribution in [1.29, 1.82) is 0 Å². The number of amides is 1. The number of aliphatic hydroxyl groups excluding tert-OH is 4. The highest BCUT2D eigenvalue weighted by Crippen LogP contribution is 2.36. The van der Waals surface area contributed by atoms with Crippen molar-refractivity contribution >= 4 is 17.3 Å². The molecule has 6 N–H and O–H groups in total. The van der Waals surface area contributed by atoms with E-state index in [0.717, 1.165) is 59.3 Å². The molecule has 12 heteroatoms. The van der Waals surface area contributed by atoms with Crippen molar-refractivity contribution in [1.82, 2.24) is 5.32 Å². The fraction of sp³-hybridized carbons (Fsp3) is 0.366. The van der Waals surface area contributed by atoms with Gasteiger partial charge in [0.25, 0.3) is 5.91 Å². The molecule has 2 aliphatic rings. The molecule has 2 atom stereocenters. The van der Waals surface area contributed by atoms with Crippen LogP contribution in [0.2, 0.25) is 0 Å². The molecule has 4 aromatic carbocycles. The summed E-state index contributed by atoms with van der Waals surface area (Å²) in [7, 11) is 1.60. The standard InChI is InChI=1S/C41H47N3O9/c1-25-7-10-34-32(15-25)41(49)43-40(42-34)27-9-11-36(31(16-27)23-47)51-13-5-3-4-6-14-52-39-19-26(8-12-37(39)50-2)35-20-38(53-44-35)28-17-29(21-45)33(24-48)30(18-28)22-46/h7-12,15-19,38,40,42,45-48H,3-6,13-14,20-24H2,1-2H3,(H,43,49). The lowest BCUT2D eigenvalue weighted by molar-refractivity contribution is 0.0853. The van der Waals surface area contributed by atoms with Gasteiger partial charge in [-0.15, -0.1) is 0 Å². The molecule has 6 rings (SSSR count). The molecule has 0 fully saturated rings. The Morgan fingerprint density at radius 3 is 2.09 bits per heavy atom. The Hall–Kier alpha value is -5.14. The Balaban J connectivity index is 0.951. The van der Waals surface area contributed by atoms with E-state index in [4.69, 9.17) is 19.0 Å². The smallest absolute Gasteiger partial charge is 0.255 e. The number of aliphatic hydroxyl groups is 4. The first-order valence-corrected chi connectivity index (χ1v) is 17.9. The lowest BCUT2D eigenvalue weighted by Gasteiger charge is -2.29. The maximum absolute atomic E-state index is 12.7. The van der Waals surface area contributed by atoms with Crippen LogP contribution in [0.5, 0.6) is 17.2 Å². The van der Waals surface area contributed by atoms with E-state index in [-0.39, 0.29) is 32.3 Å². The first-order chi connectivity index (χ1) is 25.8. The molecule has 0 bridgehead atoms. The van der Waals surface area contributed by atoms with Gasteiger partial charge in [-0.3, -0.25) is 4.79 Å². The number of oxime groups is 1. The van der Waals surface area contributed by atoms with E-state index in [0.29, 0.717) is 64.7 Å². The summed E-state index contributed by atoms with van der Waals surface area (Å²) in [5, 5.41) is 50.1. The van der Waals surface area contributed by atoms with E-state index in [9.17, 15) is 25.2 Å². The molecule has 2 heterocycles. The average molecular weight is 726 g/mol. The summed E-state index contributed by atoms with van der Waals surface area (Å²) in [6.07, 6.45) is 3.23. The molecule has 0 spiro atoms. The van der Waals surface area contributed by atoms with Crippen LogP contribution < -0.4 is 24.8 Å². The Kier molecular flexibility index (Phi) is 12.5. The number of methoxy groups -OCH3 is 1. The molecule has 0 radical (unpaired) electrons. The summed E-state index contributed by atoms with van der Waals surface area (Å²) in [4.78, 5) is 18.5. The van der Waals surface area contributed by atoms with Crippen molar-refractivity contribution in [2.45, 2.75) is 77.7 Å². The number of ether oxygens (including phenoxy) is 3. The molecule has 1 amide bonds. The Morgan fingerprint density at radius 1 is 0.736 bits per heavy atom. The van der Waals surface area contributed by atoms with Gasteiger partial charge in [-0.1, -0.05) is 22.9 Å². The molecule has 0 aromatic heterocycles. The maximum atomic E-state index is 12.7. The van der Waals surface area contributed by atoms with Crippen LogP contribution in [0.1, 0.15) is 99.2 Å². The second-order valence-corrected chi connectivity index (χ2v) is 13.2. The van der Waals surface area contributed by atoms with Gasteiger partial charge in [0.1, 0.15) is 11.9 Å². The number of anilines is 1. The number of benzene rings is 4. The van der Waals surface area contributed by atoms with Crippen LogP contribution >= 0.6 is 0 Å². The van der Waals surface area contributed by atoms with Crippen molar-refractivity contribution in [3.05, 3.63) is 117 Å². The Morgan fingerprint density at radius 2 is 1.42 bits per heavy atom. The number of rotatable bonds is 17. The van der Waals surface area contributed by atoms with Crippen LogP contribution in [0.25, 0.3) is 0 Å². The number of aryl methyl sites for hydroxylation is 1. The van der Waals surface area contributed by atoms with Gasteiger partial charge >= 0.3 is 0 Å². The average Bonchev–Trinajstić information content (AvgIpc) is 3.69. The molecule has 53 heavy (non-hydrogen) atoms. The minimum absolute atomic E-state index is 0.139. The zero-order valence-electron chi connectivity index (χ0n) is 30.1. The third-order valence-corrected chi connectivity index (χ3v) is 9.63. The molecule has 280 valence electrons. The third kappa shape index (κ3) is 8.74. The van der Waals surface area contributed by atoms with Crippen LogP contribution in [0.3, 0.4) is 0 Å². The van der Waals surface area contributed by atoms with Gasteiger partial charge in [0, 0.05) is 23.2 Å². The van der Waals surface area contributed by atoms with Crippen molar-refractivity contribution in [2.24, 2.45) is 5.16 Å². The number of carbonyl (C=O) groups is 1. The van der Waals surface area contributed by atoms with Crippen molar-refractivity contribution in [2.75, 3.05) is 25.6 Å². The van der Waals surface area contributed by atoms with E-state index < -0.39 is 12.3 Å². The monoisotopic (exact) mass is 725 g/mol. The van der Waals surface area contributed by atoms with E-state index in [1.807, 2.05) is 61.5 Å². The third-order valence-electron chi connectivity index (χ3n) is 9.63. The molecule has 2 aliphatic heterocycles. The number of unbranched alkanes of at least 4 members (excludes halogenated alkanes) is 3. The molecule has 0 saturated carbocycles. The molecule has 0 aliphatic carbocycles. The predicted octanol–water partition coefficient (Wildman–Crippen LogP) is 5.71. The van der Waals surface area contributed by atoms with Crippen molar-refractivity contribution in [3.8, 4) is 17.2 Å². The van der Waals surface area contributed by atoms with Gasteiger partial charge in [-0.2, -0.15) is 0 Å². The number of hydrogen-bond acceptors (Lipinski definition) is 11. The lowest BCUT2D eigenvalue weighted by atomic mass is 9.93. The van der Waals surface area contributed by atoms with Crippen LogP contribution in [-0.2, 0) is 31.3 Å². The fourth-order valence-corrected chi connectivity index (χ4v) is 6.70. The van der Waals surface area contributed by atoms with Gasteiger partial charge in [-0.05, 0) is 115 Å². The molecule has 0 saturated heterocycles. The fourth-order valence-electron chi connectivity index (χ4n) is 6.70. The molecule has 12 nitrogen and oxygen atoms in total. The second kappa shape index (κ2) is 17.6. The van der Waals surface area contributed by atoms with E-state index in [1.165, 1.54) is 0 Å². The van der Waals surface area contributed by atoms with Crippen LogP contribution in [0.4, 0.5) is 5.69 Å². The number of fused-ring (bicyclic) bond motifs is 1. The van der Waals surface area contributed by atoms with E-state index in [1.54, 1.807) is 19.2 Å². The van der Waals surface area contributed by atoms with E-state index in [2.05, 4.69) is 15.8 Å². The minimum Gasteiger partial charge on any atom is -0.493 e. The number of nitrogens with one attached hydrogen (secondary N) is 2. The summed E-state index contributed by atoms with van der Waals surface area (Å²) < 4.78 is 17.7. The second-order valence-electron chi connectivity index (χ2n) is 13.2. The maximum Gasteiger partial charge on any atom is 0.255 e. The largest absolute Gasteiger partial charge is 0.493 e. The Labute approximate surface area is 309 Å². The highest BCUT2D eigenvalue weighted by Gasteiger charge is 2.27. The van der Waals surface area contributed by atoms with Gasteiger partial charge in [0.15, 0.2) is 17.6 Å². The normalized spacial score (nSPS) is 16.3. The summed E-state index contributed by atoms with van der Waals surface area (Å²) in [6, 6.07) is 20.5. The molecule has 2 unspecified atom stereocenters. The minimum atomic E-state index is -0.412. The highest BCUT2D eigenvalue weighted by molar-refractivity contribution is 6.02. The van der Waals surface area contributed by atoms with Gasteiger partial charge in [-0.25, -0.2) is 0 Å². The lowest BCUT2D eigenvalue weighted by Crippen LogP contribution is -2.38. The van der Waals surface area contributed by atoms with Gasteiger partial charge < -0.3 is 50.1 Å². The predicted molar refractivity (Wildman–Crippen MR) is 199 cm³/mol. The summed E-state index contributed by atoms with van der Waals surface area (Å²) >= 11 is 0. The van der Waals surface area contributed by atoms with Crippen molar-refractivity contribution < 1.29 is 44.3 Å². The first-order valence-electron chi connectivity index (χ1n) is 17.9. The zero-order chi connectivity index (χ0) is 37.3. The first kappa shape index (κ1) is 37.6. The Bertz CT molecular complexity index is 1920. The molecular formula is C41H47N3O9. The summed E-state index contributed by atoms with van der Waals surface area (Å²) in [5.74, 6) is 1.71. The zero-order valence-corrected chi connectivity index (χ0v) is 30.1. The summed E-state index contributed by atoms with van der Waals surface area (Å²) in [6.45, 7) is 1.98. The topological polar surface area (TPSA) is 171 Å². The molecular weight excluding hydrogens is 678 g/mol. The quantitative estimate of drug-likeness (QED) is 0.0741. The number of carbonyl (C=O) groups excluding carboxylic acids is 1. The van der Waals surface area contributed by atoms with Gasteiger partial charge in [0.05, 0.1) is 58.0 Å². The SMILES string of the molecule is COc1ccc(C2=NOC(c3cc(CO)c(CO)c(CO)c3)C2)cc1OCCCCCCOc1ccc(C2NC(=O)c3cc(C)ccc3N2)cc1CO. The highest BCUT2D eigenvalue weighted by atomic mass is 16.6. The van der Waals surface area contributed by atoms with E-state index >= 15 is 0 Å². The van der Waals surface area contributed by atoms with Crippen LogP contribution in [-0.4, -0.2) is 52.4 Å². The van der Waals surface area contributed by atoms with Crippen LogP contribution in [0.15, 0.2) is 71.9 Å².